The lowest BCUT2D eigenvalue weighted by molar-refractivity contribution is -0.274. The maximum Gasteiger partial charge on any atom is 0.573 e. The maximum atomic E-state index is 12.2. The largest absolute Gasteiger partial charge is 0.573 e. The van der Waals surface area contributed by atoms with E-state index in [2.05, 4.69) is 15.4 Å². The summed E-state index contributed by atoms with van der Waals surface area (Å²) in [4.78, 5) is 25.8. The fourth-order valence-corrected chi connectivity index (χ4v) is 3.40. The number of nitrogens with one attached hydrogen (secondary N) is 2. The summed E-state index contributed by atoms with van der Waals surface area (Å²) >= 11 is 0. The number of benzene rings is 2. The molecule has 9 heteroatoms. The van der Waals surface area contributed by atoms with Gasteiger partial charge in [-0.2, -0.15) is 0 Å². The van der Waals surface area contributed by atoms with Crippen molar-refractivity contribution in [1.29, 1.82) is 0 Å². The number of hydrogen-bond acceptors (Lipinski definition) is 3. The van der Waals surface area contributed by atoms with E-state index in [1.54, 1.807) is 6.92 Å². The highest BCUT2D eigenvalue weighted by atomic mass is 19.4. The van der Waals surface area contributed by atoms with Crippen LogP contribution in [-0.4, -0.2) is 29.7 Å². The van der Waals surface area contributed by atoms with E-state index in [0.717, 1.165) is 24.1 Å². The van der Waals surface area contributed by atoms with Gasteiger partial charge in [-0.1, -0.05) is 36.4 Å². The van der Waals surface area contributed by atoms with Gasteiger partial charge in [0.25, 0.3) is 0 Å². The van der Waals surface area contributed by atoms with Crippen molar-refractivity contribution < 1.29 is 27.5 Å². The van der Waals surface area contributed by atoms with Gasteiger partial charge in [0.15, 0.2) is 0 Å². The molecule has 1 aliphatic heterocycles. The molecule has 0 bridgehead atoms. The molecule has 0 aromatic heterocycles. The number of halogens is 3. The Morgan fingerprint density at radius 3 is 2.52 bits per heavy atom. The normalized spacial score (nSPS) is 15.0. The number of urea groups is 1. The summed E-state index contributed by atoms with van der Waals surface area (Å²) in [6.45, 7) is 3.36. The van der Waals surface area contributed by atoms with Gasteiger partial charge < -0.3 is 20.3 Å². The number of carbonyl (C=O) groups excluding carboxylic acids is 2. The van der Waals surface area contributed by atoms with Crippen molar-refractivity contribution >= 4 is 11.9 Å². The summed E-state index contributed by atoms with van der Waals surface area (Å²) in [6, 6.07) is 12.2. The number of nitrogens with zero attached hydrogens (tertiary/aromatic N) is 1. The molecule has 2 N–H and O–H groups in total. The van der Waals surface area contributed by atoms with Crippen molar-refractivity contribution in [3.05, 3.63) is 65.2 Å². The van der Waals surface area contributed by atoms with Gasteiger partial charge >= 0.3 is 12.4 Å². The molecule has 1 unspecified atom stereocenters. The van der Waals surface area contributed by atoms with Crippen molar-refractivity contribution in [2.24, 2.45) is 0 Å². The number of hydrogen-bond donors (Lipinski definition) is 2. The Hall–Kier alpha value is -3.23. The minimum atomic E-state index is -4.74. The average molecular weight is 435 g/mol. The second kappa shape index (κ2) is 9.72. The zero-order chi connectivity index (χ0) is 22.4. The van der Waals surface area contributed by atoms with Crippen LogP contribution in [0.15, 0.2) is 48.5 Å². The van der Waals surface area contributed by atoms with Crippen molar-refractivity contribution in [3.8, 4) is 5.75 Å². The van der Waals surface area contributed by atoms with Gasteiger partial charge in [0.05, 0.1) is 6.04 Å². The Morgan fingerprint density at radius 1 is 1.16 bits per heavy atom. The lowest BCUT2D eigenvalue weighted by Crippen LogP contribution is -2.36. The molecule has 1 heterocycles. The third kappa shape index (κ3) is 6.91. The highest BCUT2D eigenvalue weighted by molar-refractivity contribution is 5.78. The van der Waals surface area contributed by atoms with Gasteiger partial charge in [-0.3, -0.25) is 4.79 Å². The third-order valence-corrected chi connectivity index (χ3v) is 4.95. The van der Waals surface area contributed by atoms with Gasteiger partial charge in [-0.15, -0.1) is 13.2 Å². The summed E-state index contributed by atoms with van der Waals surface area (Å²) in [5.74, 6) is -0.154. The maximum absolute atomic E-state index is 12.2. The molecule has 1 fully saturated rings. The first-order chi connectivity index (χ1) is 14.7. The number of carbonyl (C=O) groups is 2. The minimum absolute atomic E-state index is 0.162. The molecule has 0 radical (unpaired) electrons. The molecular formula is C22H24F3N3O3. The van der Waals surface area contributed by atoms with Crippen LogP contribution in [-0.2, 0) is 17.9 Å². The van der Waals surface area contributed by atoms with Crippen LogP contribution in [0, 0.1) is 0 Å². The molecule has 1 aliphatic rings. The Morgan fingerprint density at radius 2 is 1.87 bits per heavy atom. The highest BCUT2D eigenvalue weighted by Gasteiger charge is 2.31. The predicted octanol–water partition coefficient (Wildman–Crippen LogP) is 4.27. The Bertz CT molecular complexity index is 916. The molecule has 2 aromatic rings. The molecule has 166 valence electrons. The third-order valence-electron chi connectivity index (χ3n) is 4.95. The minimum Gasteiger partial charge on any atom is -0.406 e. The summed E-state index contributed by atoms with van der Waals surface area (Å²) in [6.07, 6.45) is -3.26. The number of ether oxygens (including phenoxy) is 1. The number of alkyl halides is 3. The van der Waals surface area contributed by atoms with E-state index in [1.807, 2.05) is 29.2 Å². The summed E-state index contributed by atoms with van der Waals surface area (Å²) in [5.41, 5.74) is 2.55. The second-order valence-electron chi connectivity index (χ2n) is 7.40. The van der Waals surface area contributed by atoms with Gasteiger partial charge in [0.2, 0.25) is 5.91 Å². The SMILES string of the molecule is CC(NC(=O)NCc1cccc(CN2CCCC2=O)c1)c1ccc(OC(F)(F)F)cc1. The molecule has 0 spiro atoms. The quantitative estimate of drug-likeness (QED) is 0.683. The van der Waals surface area contributed by atoms with Crippen LogP contribution in [0.25, 0.3) is 0 Å². The molecule has 6 nitrogen and oxygen atoms in total. The first-order valence-electron chi connectivity index (χ1n) is 9.95. The molecule has 2 aromatic carbocycles. The van der Waals surface area contributed by atoms with E-state index in [0.29, 0.717) is 25.1 Å². The van der Waals surface area contributed by atoms with Crippen molar-refractivity contribution in [1.82, 2.24) is 15.5 Å². The number of likely N-dealkylation sites (tertiary alicyclic amines) is 1. The van der Waals surface area contributed by atoms with Gasteiger partial charge in [0.1, 0.15) is 5.75 Å². The van der Waals surface area contributed by atoms with Crippen molar-refractivity contribution in [2.75, 3.05) is 6.54 Å². The predicted molar refractivity (Wildman–Crippen MR) is 108 cm³/mol. The van der Waals surface area contributed by atoms with Crippen molar-refractivity contribution in [3.63, 3.8) is 0 Å². The molecular weight excluding hydrogens is 411 g/mol. The van der Waals surface area contributed by atoms with Crippen molar-refractivity contribution in [2.45, 2.75) is 45.3 Å². The molecule has 31 heavy (non-hydrogen) atoms. The summed E-state index contributed by atoms with van der Waals surface area (Å²) < 4.78 is 40.5. The fraction of sp³-hybridized carbons (Fsp3) is 0.364. The first kappa shape index (κ1) is 22.5. The molecule has 3 amide bonds. The smallest absolute Gasteiger partial charge is 0.406 e. The first-order valence-corrected chi connectivity index (χ1v) is 9.95. The van der Waals surface area contributed by atoms with E-state index in [1.165, 1.54) is 24.3 Å². The van der Waals surface area contributed by atoms with E-state index in [4.69, 9.17) is 0 Å². The molecule has 0 saturated carbocycles. The highest BCUT2D eigenvalue weighted by Crippen LogP contribution is 2.24. The Kier molecular flexibility index (Phi) is 7.04. The average Bonchev–Trinajstić information content (AvgIpc) is 3.10. The zero-order valence-corrected chi connectivity index (χ0v) is 17.0. The lowest BCUT2D eigenvalue weighted by Gasteiger charge is -2.17. The monoisotopic (exact) mass is 435 g/mol. The van der Waals surface area contributed by atoms with Crippen LogP contribution in [0.1, 0.15) is 42.5 Å². The van der Waals surface area contributed by atoms with Crippen LogP contribution in [0.5, 0.6) is 5.75 Å². The van der Waals surface area contributed by atoms with Gasteiger partial charge in [-0.25, -0.2) is 4.79 Å². The van der Waals surface area contributed by atoms with Crippen LogP contribution in [0.4, 0.5) is 18.0 Å². The van der Waals surface area contributed by atoms with E-state index < -0.39 is 18.4 Å². The zero-order valence-electron chi connectivity index (χ0n) is 17.0. The van der Waals surface area contributed by atoms with Crippen LogP contribution < -0.4 is 15.4 Å². The number of rotatable bonds is 7. The topological polar surface area (TPSA) is 70.7 Å². The van der Waals surface area contributed by atoms with Crippen LogP contribution in [0.3, 0.4) is 0 Å². The lowest BCUT2D eigenvalue weighted by atomic mass is 10.1. The summed E-state index contributed by atoms with van der Waals surface area (Å²) in [7, 11) is 0. The Balaban J connectivity index is 1.48. The number of amides is 3. The Labute approximate surface area is 178 Å². The molecule has 0 aliphatic carbocycles. The molecule has 3 rings (SSSR count). The van der Waals surface area contributed by atoms with E-state index in [-0.39, 0.29) is 11.7 Å². The standard InChI is InChI=1S/C22H24F3N3O3/c1-15(18-7-9-19(10-8-18)31-22(23,24)25)27-21(30)26-13-16-4-2-5-17(12-16)14-28-11-3-6-20(28)29/h2,4-5,7-10,12,15H,3,6,11,13-14H2,1H3,(H2,26,27,30). The molecule has 1 saturated heterocycles. The second-order valence-corrected chi connectivity index (χ2v) is 7.40. The van der Waals surface area contributed by atoms with E-state index >= 15 is 0 Å². The van der Waals surface area contributed by atoms with Crippen LogP contribution in [0.2, 0.25) is 0 Å². The summed E-state index contributed by atoms with van der Waals surface area (Å²) in [5, 5.41) is 5.51. The molecule has 1 atom stereocenters. The van der Waals surface area contributed by atoms with Crippen LogP contribution >= 0.6 is 0 Å². The van der Waals surface area contributed by atoms with Gasteiger partial charge in [0, 0.05) is 26.1 Å². The van der Waals surface area contributed by atoms with Gasteiger partial charge in [-0.05, 0) is 42.2 Å². The van der Waals surface area contributed by atoms with E-state index in [9.17, 15) is 22.8 Å². The fourth-order valence-electron chi connectivity index (χ4n) is 3.40.